The van der Waals surface area contributed by atoms with Gasteiger partial charge in [0, 0.05) is 0 Å². The Morgan fingerprint density at radius 3 is 2.24 bits per heavy atom. The third-order valence-corrected chi connectivity index (χ3v) is 4.24. The van der Waals surface area contributed by atoms with Gasteiger partial charge in [-0.05, 0) is 30.5 Å². The third kappa shape index (κ3) is 4.38. The van der Waals surface area contributed by atoms with Crippen LogP contribution < -0.4 is 10.1 Å². The van der Waals surface area contributed by atoms with Crippen LogP contribution in [0.2, 0.25) is 0 Å². The number of amides is 1. The van der Waals surface area contributed by atoms with Gasteiger partial charge in [-0.3, -0.25) is 9.59 Å². The zero-order chi connectivity index (χ0) is 17.5. The first kappa shape index (κ1) is 17.0. The summed E-state index contributed by atoms with van der Waals surface area (Å²) in [7, 11) is 0. The summed E-state index contributed by atoms with van der Waals surface area (Å²) in [5.41, 5.74) is 0.398. The maximum Gasteiger partial charge on any atom is 0.317 e. The normalized spacial score (nSPS) is 14.4. The molecule has 130 valence electrons. The summed E-state index contributed by atoms with van der Waals surface area (Å²) >= 11 is 0. The molecule has 5 nitrogen and oxygen atoms in total. The molecule has 3 rings (SSSR count). The van der Waals surface area contributed by atoms with E-state index >= 15 is 0 Å². The van der Waals surface area contributed by atoms with Crippen molar-refractivity contribution in [3.05, 3.63) is 66.2 Å². The van der Waals surface area contributed by atoms with Gasteiger partial charge in [0.15, 0.2) is 6.61 Å². The smallest absolute Gasteiger partial charge is 0.317 e. The Morgan fingerprint density at radius 1 is 0.960 bits per heavy atom. The molecular weight excluding hydrogens is 318 g/mol. The monoisotopic (exact) mass is 339 g/mol. The van der Waals surface area contributed by atoms with Gasteiger partial charge in [-0.2, -0.15) is 0 Å². The molecule has 0 saturated heterocycles. The molecule has 0 bridgehead atoms. The number of nitrogens with one attached hydrogen (secondary N) is 1. The van der Waals surface area contributed by atoms with E-state index < -0.39 is 5.41 Å². The number of esters is 1. The van der Waals surface area contributed by atoms with Gasteiger partial charge < -0.3 is 14.8 Å². The summed E-state index contributed by atoms with van der Waals surface area (Å²) in [5.74, 6) is 0.102. The lowest BCUT2D eigenvalue weighted by Crippen LogP contribution is -2.34. The molecule has 0 radical (unpaired) electrons. The van der Waals surface area contributed by atoms with E-state index in [1.807, 2.05) is 60.7 Å². The topological polar surface area (TPSA) is 64.6 Å². The van der Waals surface area contributed by atoms with E-state index in [1.54, 1.807) is 0 Å². The molecule has 1 fully saturated rings. The highest BCUT2D eigenvalue weighted by atomic mass is 16.5. The highest BCUT2D eigenvalue weighted by Gasteiger charge is 2.52. The van der Waals surface area contributed by atoms with Gasteiger partial charge in [0.1, 0.15) is 12.4 Å². The number of carbonyl (C=O) groups excluding carboxylic acids is 2. The van der Waals surface area contributed by atoms with Gasteiger partial charge >= 0.3 is 5.97 Å². The molecule has 5 heteroatoms. The molecule has 0 atom stereocenters. The fourth-order valence-corrected chi connectivity index (χ4v) is 2.69. The second-order valence-electron chi connectivity index (χ2n) is 6.04. The van der Waals surface area contributed by atoms with Gasteiger partial charge in [0.05, 0.1) is 12.0 Å². The van der Waals surface area contributed by atoms with Crippen molar-refractivity contribution in [2.75, 3.05) is 19.8 Å². The highest BCUT2D eigenvalue weighted by Crippen LogP contribution is 2.49. The van der Waals surface area contributed by atoms with Crippen LogP contribution in [0.4, 0.5) is 0 Å². The van der Waals surface area contributed by atoms with Crippen molar-refractivity contribution in [3.8, 4) is 5.75 Å². The molecule has 0 spiro atoms. The minimum atomic E-state index is -0.558. The zero-order valence-electron chi connectivity index (χ0n) is 13.9. The summed E-state index contributed by atoms with van der Waals surface area (Å²) < 4.78 is 10.7. The molecule has 1 aliphatic rings. The molecule has 2 aromatic carbocycles. The maximum absolute atomic E-state index is 12.3. The Hall–Kier alpha value is -2.82. The predicted octanol–water partition coefficient (Wildman–Crippen LogP) is 2.46. The van der Waals surface area contributed by atoms with E-state index in [1.165, 1.54) is 0 Å². The van der Waals surface area contributed by atoms with E-state index in [-0.39, 0.29) is 18.5 Å². The van der Waals surface area contributed by atoms with E-state index in [0.717, 1.165) is 24.2 Å². The van der Waals surface area contributed by atoms with Gasteiger partial charge in [0.25, 0.3) is 5.91 Å². The van der Waals surface area contributed by atoms with Crippen molar-refractivity contribution in [1.82, 2.24) is 5.32 Å². The number of ether oxygens (including phenoxy) is 2. The van der Waals surface area contributed by atoms with Gasteiger partial charge in [-0.25, -0.2) is 0 Å². The average molecular weight is 339 g/mol. The fraction of sp³-hybridized carbons (Fsp3) is 0.300. The van der Waals surface area contributed by atoms with Crippen molar-refractivity contribution in [3.63, 3.8) is 0 Å². The lowest BCUT2D eigenvalue weighted by atomic mass is 9.96. The van der Waals surface area contributed by atoms with E-state index in [9.17, 15) is 9.59 Å². The number of hydrogen-bond acceptors (Lipinski definition) is 4. The standard InChI is InChI=1S/C20H21NO4/c22-18(21-13-14-24-17-9-5-2-6-10-17)15-25-19(23)20(11-12-20)16-7-3-1-4-8-16/h1-10H,11-15H2,(H,21,22). The number of para-hydroxylation sites is 1. The second kappa shape index (κ2) is 7.83. The van der Waals surface area contributed by atoms with Crippen molar-refractivity contribution in [1.29, 1.82) is 0 Å². The van der Waals surface area contributed by atoms with Crippen molar-refractivity contribution >= 4 is 11.9 Å². The summed E-state index contributed by atoms with van der Waals surface area (Å²) in [6.45, 7) is 0.450. The Morgan fingerprint density at radius 2 is 1.60 bits per heavy atom. The van der Waals surface area contributed by atoms with E-state index in [2.05, 4.69) is 5.32 Å². The Labute approximate surface area is 147 Å². The molecule has 0 heterocycles. The number of carbonyl (C=O) groups is 2. The summed E-state index contributed by atoms with van der Waals surface area (Å²) in [5, 5.41) is 2.68. The van der Waals surface area contributed by atoms with Gasteiger partial charge in [0.2, 0.25) is 0 Å². The summed E-state index contributed by atoms with van der Waals surface area (Å²) in [6.07, 6.45) is 1.53. The molecule has 2 aromatic rings. The van der Waals surface area contributed by atoms with Crippen LogP contribution in [0.3, 0.4) is 0 Å². The summed E-state index contributed by atoms with van der Waals surface area (Å²) in [4.78, 5) is 24.1. The largest absolute Gasteiger partial charge is 0.492 e. The quantitative estimate of drug-likeness (QED) is 0.593. The van der Waals surface area contributed by atoms with Crippen molar-refractivity contribution < 1.29 is 19.1 Å². The van der Waals surface area contributed by atoms with Crippen LogP contribution in [0.15, 0.2) is 60.7 Å². The van der Waals surface area contributed by atoms with Crippen LogP contribution in [-0.2, 0) is 19.7 Å². The van der Waals surface area contributed by atoms with Crippen LogP contribution >= 0.6 is 0 Å². The maximum atomic E-state index is 12.3. The van der Waals surface area contributed by atoms with E-state index in [0.29, 0.717) is 13.2 Å². The molecular formula is C20H21NO4. The Kier molecular flexibility index (Phi) is 5.33. The highest BCUT2D eigenvalue weighted by molar-refractivity contribution is 5.88. The molecule has 1 saturated carbocycles. The van der Waals surface area contributed by atoms with Gasteiger partial charge in [-0.1, -0.05) is 48.5 Å². The Bertz CT molecular complexity index is 711. The fourth-order valence-electron chi connectivity index (χ4n) is 2.69. The van der Waals surface area contributed by atoms with Crippen LogP contribution in [0.1, 0.15) is 18.4 Å². The Balaban J connectivity index is 1.37. The molecule has 1 N–H and O–H groups in total. The molecule has 1 amide bonds. The van der Waals surface area contributed by atoms with Crippen LogP contribution in [0.25, 0.3) is 0 Å². The van der Waals surface area contributed by atoms with Crippen LogP contribution in [-0.4, -0.2) is 31.6 Å². The predicted molar refractivity (Wildman–Crippen MR) is 93.3 cm³/mol. The zero-order valence-corrected chi connectivity index (χ0v) is 13.9. The second-order valence-corrected chi connectivity index (χ2v) is 6.04. The number of benzene rings is 2. The molecule has 0 aromatic heterocycles. The van der Waals surface area contributed by atoms with Crippen molar-refractivity contribution in [2.45, 2.75) is 18.3 Å². The van der Waals surface area contributed by atoms with Crippen molar-refractivity contribution in [2.24, 2.45) is 0 Å². The molecule has 1 aliphatic carbocycles. The van der Waals surface area contributed by atoms with Crippen LogP contribution in [0, 0.1) is 0 Å². The number of rotatable bonds is 8. The lowest BCUT2D eigenvalue weighted by molar-refractivity contribution is -0.151. The lowest BCUT2D eigenvalue weighted by Gasteiger charge is -2.14. The molecule has 0 aliphatic heterocycles. The first-order valence-corrected chi connectivity index (χ1v) is 8.38. The minimum absolute atomic E-state index is 0.265. The number of hydrogen-bond donors (Lipinski definition) is 1. The first-order valence-electron chi connectivity index (χ1n) is 8.38. The minimum Gasteiger partial charge on any atom is -0.492 e. The molecule has 25 heavy (non-hydrogen) atoms. The van der Waals surface area contributed by atoms with Crippen LogP contribution in [0.5, 0.6) is 5.75 Å². The summed E-state index contributed by atoms with van der Waals surface area (Å²) in [6, 6.07) is 18.9. The molecule has 0 unspecified atom stereocenters. The average Bonchev–Trinajstić information content (AvgIpc) is 3.47. The first-order chi connectivity index (χ1) is 12.2. The third-order valence-electron chi connectivity index (χ3n) is 4.24. The van der Waals surface area contributed by atoms with Gasteiger partial charge in [-0.15, -0.1) is 0 Å². The van der Waals surface area contributed by atoms with E-state index in [4.69, 9.17) is 9.47 Å². The SMILES string of the molecule is O=C(COC(=O)C1(c2ccccc2)CC1)NCCOc1ccccc1.